The Morgan fingerprint density at radius 2 is 1.68 bits per heavy atom. The third kappa shape index (κ3) is 6.81. The van der Waals surface area contributed by atoms with Crippen molar-refractivity contribution in [2.24, 2.45) is 5.73 Å². The number of nitrogens with two attached hydrogens (primary N) is 1. The molecule has 0 bridgehead atoms. The first kappa shape index (κ1) is 18.2. The summed E-state index contributed by atoms with van der Waals surface area (Å²) < 4.78 is 0. The molecular weight excluding hydrogens is 256 g/mol. The van der Waals surface area contributed by atoms with Crippen molar-refractivity contribution in [1.82, 2.24) is 5.32 Å². The smallest absolute Gasteiger partial charge is 0.251 e. The zero-order chi connectivity index (χ0) is 14.8. The van der Waals surface area contributed by atoms with Gasteiger partial charge in [0.2, 0.25) is 0 Å². The molecule has 0 heterocycles. The van der Waals surface area contributed by atoms with Crippen LogP contribution in [0, 0.1) is 0 Å². The Morgan fingerprint density at radius 1 is 1.05 bits per heavy atom. The predicted molar refractivity (Wildman–Crippen MR) is 67.0 cm³/mol. The molecule has 8 nitrogen and oxygen atoms in total. The number of carbonyl (C=O) groups is 1. The number of nitrogens with one attached hydrogen (secondary N) is 1. The molecule has 0 saturated heterocycles. The lowest BCUT2D eigenvalue weighted by molar-refractivity contribution is -0.148. The molecule has 1 amide bonds. The highest BCUT2D eigenvalue weighted by molar-refractivity contribution is 5.81. The molecule has 0 radical (unpaired) electrons. The normalized spacial score (nSPS) is 17.6. The van der Waals surface area contributed by atoms with Crippen molar-refractivity contribution in [3.8, 4) is 0 Å². The minimum Gasteiger partial charge on any atom is -0.394 e. The van der Waals surface area contributed by atoms with Crippen molar-refractivity contribution in [2.45, 2.75) is 43.7 Å². The first-order valence-corrected chi connectivity index (χ1v) is 6.26. The number of carbonyl (C=O) groups excluding carboxylic acids is 1. The summed E-state index contributed by atoms with van der Waals surface area (Å²) in [5, 5.41) is 48.3. The van der Waals surface area contributed by atoms with Crippen molar-refractivity contribution in [3.63, 3.8) is 0 Å². The lowest BCUT2D eigenvalue weighted by Gasteiger charge is -2.24. The lowest BCUT2D eigenvalue weighted by Crippen LogP contribution is -2.51. The van der Waals surface area contributed by atoms with Crippen LogP contribution in [-0.4, -0.2) is 75.6 Å². The van der Waals surface area contributed by atoms with Gasteiger partial charge >= 0.3 is 0 Å². The fraction of sp³-hybridized carbons (Fsp3) is 0.909. The van der Waals surface area contributed by atoms with E-state index in [9.17, 15) is 20.1 Å². The van der Waals surface area contributed by atoms with Gasteiger partial charge in [-0.2, -0.15) is 0 Å². The second kappa shape index (κ2) is 10.1. The number of unbranched alkanes of at least 4 members (excludes halogenated alkanes) is 2. The molecule has 0 unspecified atom stereocenters. The van der Waals surface area contributed by atoms with Gasteiger partial charge in [0.05, 0.1) is 6.61 Å². The summed E-state index contributed by atoms with van der Waals surface area (Å²) in [6.45, 7) is 0.105. The average Bonchev–Trinajstić information content (AvgIpc) is 2.43. The number of hydrogen-bond acceptors (Lipinski definition) is 7. The molecule has 0 aliphatic rings. The van der Waals surface area contributed by atoms with Crippen LogP contribution in [-0.2, 0) is 4.79 Å². The van der Waals surface area contributed by atoms with E-state index in [1.807, 2.05) is 0 Å². The van der Waals surface area contributed by atoms with Crippen LogP contribution in [0.15, 0.2) is 0 Å². The van der Waals surface area contributed by atoms with Gasteiger partial charge in [0.25, 0.3) is 5.91 Å². The van der Waals surface area contributed by atoms with Gasteiger partial charge < -0.3 is 36.6 Å². The van der Waals surface area contributed by atoms with Crippen LogP contribution in [0.1, 0.15) is 19.3 Å². The van der Waals surface area contributed by atoms with E-state index in [2.05, 4.69) is 5.32 Å². The van der Waals surface area contributed by atoms with Crippen molar-refractivity contribution in [3.05, 3.63) is 0 Å². The van der Waals surface area contributed by atoms with Crippen molar-refractivity contribution < 1.29 is 30.3 Å². The Hall–Kier alpha value is -0.770. The number of hydrogen-bond donors (Lipinski definition) is 7. The van der Waals surface area contributed by atoms with Gasteiger partial charge in [-0.05, 0) is 19.4 Å². The molecule has 0 rings (SSSR count). The molecule has 0 aliphatic heterocycles. The van der Waals surface area contributed by atoms with E-state index in [4.69, 9.17) is 15.9 Å². The zero-order valence-corrected chi connectivity index (χ0v) is 10.8. The topological polar surface area (TPSA) is 156 Å². The molecule has 114 valence electrons. The van der Waals surface area contributed by atoms with Gasteiger partial charge in [-0.25, -0.2) is 0 Å². The van der Waals surface area contributed by atoms with Crippen LogP contribution in [0.3, 0.4) is 0 Å². The Bertz CT molecular complexity index is 253. The molecule has 0 fully saturated rings. The highest BCUT2D eigenvalue weighted by Gasteiger charge is 2.33. The Kier molecular flexibility index (Phi) is 9.66. The van der Waals surface area contributed by atoms with E-state index in [-0.39, 0.29) is 0 Å². The van der Waals surface area contributed by atoms with E-state index in [1.165, 1.54) is 0 Å². The number of amides is 1. The van der Waals surface area contributed by atoms with Gasteiger partial charge in [0.15, 0.2) is 6.10 Å². The minimum absolute atomic E-state index is 0.321. The quantitative estimate of drug-likeness (QED) is 0.206. The van der Waals surface area contributed by atoms with Crippen molar-refractivity contribution >= 4 is 5.91 Å². The molecule has 8 N–H and O–H groups in total. The van der Waals surface area contributed by atoms with Crippen LogP contribution < -0.4 is 11.1 Å². The monoisotopic (exact) mass is 280 g/mol. The Labute approximate surface area is 111 Å². The van der Waals surface area contributed by atoms with Gasteiger partial charge in [0, 0.05) is 6.54 Å². The Balaban J connectivity index is 4.03. The molecule has 0 spiro atoms. The zero-order valence-electron chi connectivity index (χ0n) is 10.8. The van der Waals surface area contributed by atoms with Gasteiger partial charge in [-0.15, -0.1) is 0 Å². The molecule has 0 aromatic rings. The van der Waals surface area contributed by atoms with E-state index in [0.29, 0.717) is 19.5 Å². The molecular formula is C11H24N2O6. The van der Waals surface area contributed by atoms with Crippen LogP contribution in [0.5, 0.6) is 0 Å². The third-order valence-corrected chi connectivity index (χ3v) is 2.70. The summed E-state index contributed by atoms with van der Waals surface area (Å²) in [4.78, 5) is 11.4. The van der Waals surface area contributed by atoms with Crippen LogP contribution in [0.2, 0.25) is 0 Å². The summed E-state index contributed by atoms with van der Waals surface area (Å²) in [6, 6.07) is 0. The van der Waals surface area contributed by atoms with Crippen LogP contribution in [0.4, 0.5) is 0 Å². The largest absolute Gasteiger partial charge is 0.394 e. The minimum atomic E-state index is -1.87. The fourth-order valence-corrected chi connectivity index (χ4v) is 1.44. The molecule has 8 heteroatoms. The molecule has 0 saturated carbocycles. The molecule has 0 aliphatic carbocycles. The summed E-state index contributed by atoms with van der Waals surface area (Å²) in [6.07, 6.45) is -4.81. The van der Waals surface area contributed by atoms with Gasteiger partial charge in [-0.1, -0.05) is 6.42 Å². The lowest BCUT2D eigenvalue weighted by atomic mass is 10.0. The van der Waals surface area contributed by atoms with Crippen molar-refractivity contribution in [2.75, 3.05) is 19.7 Å². The SMILES string of the molecule is NCCCCCNC(=O)[C@H](O)[C@@H](O)[C@H](O)[C@H](O)CO. The number of rotatable bonds is 10. The first-order chi connectivity index (χ1) is 8.95. The summed E-state index contributed by atoms with van der Waals surface area (Å²) in [7, 11) is 0. The van der Waals surface area contributed by atoms with E-state index in [1.54, 1.807) is 0 Å². The standard InChI is InChI=1S/C11H24N2O6/c12-4-2-1-3-5-13-11(19)10(18)9(17)8(16)7(15)6-14/h7-10,14-18H,1-6,12H2,(H,13,19)/t7-,8-,9+,10-/m1/s1. The molecule has 0 aromatic carbocycles. The maximum atomic E-state index is 11.4. The van der Waals surface area contributed by atoms with E-state index in [0.717, 1.165) is 12.8 Å². The van der Waals surface area contributed by atoms with E-state index >= 15 is 0 Å². The van der Waals surface area contributed by atoms with Crippen LogP contribution in [0.25, 0.3) is 0 Å². The Morgan fingerprint density at radius 3 is 2.21 bits per heavy atom. The summed E-state index contributed by atoms with van der Waals surface area (Å²) in [5.74, 6) is -0.843. The van der Waals surface area contributed by atoms with Gasteiger partial charge in [0.1, 0.15) is 18.3 Å². The summed E-state index contributed by atoms with van der Waals surface area (Å²) >= 11 is 0. The molecule has 0 aromatic heterocycles. The summed E-state index contributed by atoms with van der Waals surface area (Å²) in [5.41, 5.74) is 5.30. The highest BCUT2D eigenvalue weighted by Crippen LogP contribution is 2.05. The first-order valence-electron chi connectivity index (χ1n) is 6.26. The highest BCUT2D eigenvalue weighted by atomic mass is 16.4. The predicted octanol–water partition coefficient (Wildman–Crippen LogP) is -3.33. The van der Waals surface area contributed by atoms with E-state index < -0.39 is 36.9 Å². The van der Waals surface area contributed by atoms with Crippen LogP contribution >= 0.6 is 0 Å². The molecule has 19 heavy (non-hydrogen) atoms. The maximum absolute atomic E-state index is 11.4. The second-order valence-electron chi connectivity index (χ2n) is 4.32. The molecule has 4 atom stereocenters. The fourth-order valence-electron chi connectivity index (χ4n) is 1.44. The van der Waals surface area contributed by atoms with Crippen molar-refractivity contribution in [1.29, 1.82) is 0 Å². The van der Waals surface area contributed by atoms with Gasteiger partial charge in [-0.3, -0.25) is 4.79 Å². The number of aliphatic hydroxyl groups excluding tert-OH is 5. The maximum Gasteiger partial charge on any atom is 0.251 e. The third-order valence-electron chi connectivity index (χ3n) is 2.70. The second-order valence-corrected chi connectivity index (χ2v) is 4.32. The average molecular weight is 280 g/mol. The number of aliphatic hydroxyl groups is 5.